The Bertz CT molecular complexity index is 1600. The summed E-state index contributed by atoms with van der Waals surface area (Å²) in [7, 11) is 0. The molecule has 2 amide bonds. The number of nitrogens with zero attached hydrogens (tertiary/aromatic N) is 3. The van der Waals surface area contributed by atoms with Crippen LogP contribution >= 0.6 is 0 Å². The fourth-order valence-electron chi connectivity index (χ4n) is 4.06. The molecule has 0 spiro atoms. The van der Waals surface area contributed by atoms with Crippen molar-refractivity contribution in [2.24, 2.45) is 0 Å². The molecule has 1 aliphatic rings. The molecule has 43 heavy (non-hydrogen) atoms. The maximum Gasteiger partial charge on any atom is 0.389 e. The molecule has 12 nitrogen and oxygen atoms in total. The summed E-state index contributed by atoms with van der Waals surface area (Å²) >= 11 is 0. The van der Waals surface area contributed by atoms with Crippen molar-refractivity contribution in [1.82, 2.24) is 0 Å². The van der Waals surface area contributed by atoms with Crippen molar-refractivity contribution in [2.75, 3.05) is 11.5 Å². The van der Waals surface area contributed by atoms with Crippen LogP contribution in [0.3, 0.4) is 0 Å². The second-order valence-corrected chi connectivity index (χ2v) is 9.12. The number of nitro benzene ring substituents is 2. The summed E-state index contributed by atoms with van der Waals surface area (Å²) in [5, 5.41) is 22.0. The van der Waals surface area contributed by atoms with E-state index in [-0.39, 0.29) is 41.2 Å². The number of amides is 2. The summed E-state index contributed by atoms with van der Waals surface area (Å²) in [6, 6.07) is 12.9. The van der Waals surface area contributed by atoms with Gasteiger partial charge in [-0.25, -0.2) is 9.69 Å². The Kier molecular flexibility index (Phi) is 8.83. The predicted octanol–water partition coefficient (Wildman–Crippen LogP) is 5.78. The highest BCUT2D eigenvalue weighted by Crippen LogP contribution is 2.31. The number of alkyl halides is 3. The van der Waals surface area contributed by atoms with Gasteiger partial charge in [0.25, 0.3) is 23.2 Å². The lowest BCUT2D eigenvalue weighted by Crippen LogP contribution is -2.29. The van der Waals surface area contributed by atoms with Crippen LogP contribution in [0.5, 0.6) is 5.75 Å². The molecule has 0 aliphatic carbocycles. The number of ether oxygens (including phenoxy) is 2. The fraction of sp³-hybridized carbons (Fsp3) is 0.179. The number of carbonyl (C=O) groups is 3. The summed E-state index contributed by atoms with van der Waals surface area (Å²) in [6.07, 6.45) is -3.16. The van der Waals surface area contributed by atoms with Crippen LogP contribution in [0.15, 0.2) is 66.7 Å². The average molecular weight is 599 g/mol. The Labute approximate surface area is 240 Å². The Morgan fingerprint density at radius 3 is 2.12 bits per heavy atom. The Morgan fingerprint density at radius 1 is 0.884 bits per heavy atom. The highest BCUT2D eigenvalue weighted by Gasteiger charge is 2.37. The largest absolute Gasteiger partial charge is 0.494 e. The zero-order chi connectivity index (χ0) is 31.3. The molecule has 0 bridgehead atoms. The second-order valence-electron chi connectivity index (χ2n) is 9.12. The maximum absolute atomic E-state index is 13.0. The zero-order valence-corrected chi connectivity index (χ0v) is 21.9. The minimum atomic E-state index is -4.30. The molecule has 0 radical (unpaired) electrons. The molecule has 3 aromatic rings. The lowest BCUT2D eigenvalue weighted by Gasteiger charge is -2.13. The fourth-order valence-corrected chi connectivity index (χ4v) is 4.06. The number of hydrogen-bond acceptors (Lipinski definition) is 9. The molecule has 1 heterocycles. The van der Waals surface area contributed by atoms with Gasteiger partial charge in [-0.3, -0.25) is 29.8 Å². The molecule has 0 aromatic heterocycles. The number of nitro groups is 2. The summed E-state index contributed by atoms with van der Waals surface area (Å²) in [5.74, 6) is -1.93. The minimum Gasteiger partial charge on any atom is -0.494 e. The molecule has 222 valence electrons. The third kappa shape index (κ3) is 7.58. The Balaban J connectivity index is 1.36. The first-order valence-electron chi connectivity index (χ1n) is 12.4. The number of non-ortho nitro benzene ring substituents is 2. The normalized spacial score (nSPS) is 12.9. The van der Waals surface area contributed by atoms with Gasteiger partial charge in [-0.1, -0.05) is 12.1 Å². The molecule has 0 saturated carbocycles. The van der Waals surface area contributed by atoms with E-state index >= 15 is 0 Å². The van der Waals surface area contributed by atoms with Crippen molar-refractivity contribution >= 4 is 40.9 Å². The van der Waals surface area contributed by atoms with Gasteiger partial charge >= 0.3 is 12.1 Å². The van der Waals surface area contributed by atoms with Crippen LogP contribution in [0.25, 0.3) is 6.08 Å². The topological polar surface area (TPSA) is 159 Å². The van der Waals surface area contributed by atoms with Crippen molar-refractivity contribution in [3.05, 3.63) is 109 Å². The van der Waals surface area contributed by atoms with Gasteiger partial charge in [0.15, 0.2) is 0 Å². The van der Waals surface area contributed by atoms with Crippen LogP contribution in [0.4, 0.5) is 30.2 Å². The van der Waals surface area contributed by atoms with Crippen LogP contribution < -0.4 is 9.64 Å². The number of anilines is 1. The third-order valence-electron chi connectivity index (χ3n) is 6.06. The monoisotopic (exact) mass is 599 g/mol. The summed E-state index contributed by atoms with van der Waals surface area (Å²) in [6.45, 7) is -0.672. The molecule has 15 heteroatoms. The van der Waals surface area contributed by atoms with Gasteiger partial charge in [-0.15, -0.1) is 0 Å². The number of esters is 1. The summed E-state index contributed by atoms with van der Waals surface area (Å²) < 4.78 is 47.3. The van der Waals surface area contributed by atoms with E-state index in [0.717, 1.165) is 29.2 Å². The molecular formula is C28H20F3N3O9. The molecule has 0 N–H and O–H groups in total. The number of carbonyl (C=O) groups excluding carboxylic acids is 3. The number of halogens is 3. The van der Waals surface area contributed by atoms with Crippen molar-refractivity contribution in [1.29, 1.82) is 0 Å². The van der Waals surface area contributed by atoms with E-state index in [1.165, 1.54) is 48.5 Å². The third-order valence-corrected chi connectivity index (χ3v) is 6.06. The van der Waals surface area contributed by atoms with Crippen molar-refractivity contribution in [3.8, 4) is 5.75 Å². The summed E-state index contributed by atoms with van der Waals surface area (Å²) in [4.78, 5) is 59.3. The summed E-state index contributed by atoms with van der Waals surface area (Å²) in [5.41, 5.74) is -0.144. The van der Waals surface area contributed by atoms with Crippen LogP contribution in [-0.2, 0) is 16.1 Å². The molecular weight excluding hydrogens is 579 g/mol. The van der Waals surface area contributed by atoms with E-state index in [1.807, 2.05) is 0 Å². The first-order valence-corrected chi connectivity index (χ1v) is 12.4. The lowest BCUT2D eigenvalue weighted by atomic mass is 10.1. The smallest absolute Gasteiger partial charge is 0.389 e. The molecule has 0 saturated heterocycles. The van der Waals surface area contributed by atoms with Gasteiger partial charge in [0.1, 0.15) is 12.4 Å². The quantitative estimate of drug-likeness (QED) is 0.0665. The second kappa shape index (κ2) is 12.5. The first kappa shape index (κ1) is 30.4. The number of rotatable bonds is 11. The molecule has 0 atom stereocenters. The van der Waals surface area contributed by atoms with Crippen LogP contribution in [0, 0.1) is 20.2 Å². The lowest BCUT2D eigenvalue weighted by molar-refractivity contribution is -0.394. The number of fused-ring (bicyclic) bond motifs is 1. The molecule has 0 fully saturated rings. The number of imide groups is 1. The number of hydrogen-bond donors (Lipinski definition) is 0. The average Bonchev–Trinajstić information content (AvgIpc) is 3.21. The van der Waals surface area contributed by atoms with E-state index < -0.39 is 58.2 Å². The standard InChI is InChI=1S/C28H20F3N3O9/c29-28(30,31)10-1-11-42-22-7-8-23-24(15-22)27(37)32(26(23)36)19-5-2-17(3-6-19)4-9-25(35)43-16-18-12-20(33(38)39)14-21(13-18)34(40)41/h2-9,12-15H,1,10-11,16H2/b9-4+. The van der Waals surface area contributed by atoms with Gasteiger partial charge in [0.05, 0.1) is 39.3 Å². The van der Waals surface area contributed by atoms with Gasteiger partial charge in [-0.05, 0) is 48.4 Å². The molecule has 3 aromatic carbocycles. The molecule has 1 aliphatic heterocycles. The highest BCUT2D eigenvalue weighted by molar-refractivity contribution is 6.34. The SMILES string of the molecule is O=C(/C=C/c1ccc(N2C(=O)c3ccc(OCCCC(F)(F)F)cc3C2=O)cc1)OCc1cc([N+](=O)[O-])cc([N+](=O)[O-])c1. The van der Waals surface area contributed by atoms with Crippen LogP contribution in [0.2, 0.25) is 0 Å². The first-order chi connectivity index (χ1) is 20.3. The van der Waals surface area contributed by atoms with E-state index in [0.29, 0.717) is 5.56 Å². The highest BCUT2D eigenvalue weighted by atomic mass is 19.4. The van der Waals surface area contributed by atoms with E-state index in [2.05, 4.69) is 0 Å². The van der Waals surface area contributed by atoms with Crippen LogP contribution in [-0.4, -0.2) is 40.4 Å². The van der Waals surface area contributed by atoms with Gasteiger partial charge in [0.2, 0.25) is 0 Å². The van der Waals surface area contributed by atoms with Gasteiger partial charge in [-0.2, -0.15) is 13.2 Å². The Hall–Kier alpha value is -5.60. The van der Waals surface area contributed by atoms with Crippen molar-refractivity contribution < 1.29 is 46.9 Å². The Morgan fingerprint density at radius 2 is 1.51 bits per heavy atom. The predicted molar refractivity (Wildman–Crippen MR) is 143 cm³/mol. The van der Waals surface area contributed by atoms with Crippen molar-refractivity contribution in [3.63, 3.8) is 0 Å². The van der Waals surface area contributed by atoms with Gasteiger partial charge in [0, 0.05) is 30.2 Å². The van der Waals surface area contributed by atoms with E-state index in [1.54, 1.807) is 0 Å². The number of benzene rings is 3. The maximum atomic E-state index is 13.0. The zero-order valence-electron chi connectivity index (χ0n) is 21.9. The van der Waals surface area contributed by atoms with E-state index in [4.69, 9.17) is 9.47 Å². The van der Waals surface area contributed by atoms with Crippen molar-refractivity contribution in [2.45, 2.75) is 25.6 Å². The van der Waals surface area contributed by atoms with E-state index in [9.17, 15) is 47.8 Å². The molecule has 4 rings (SSSR count). The van der Waals surface area contributed by atoms with Crippen LogP contribution in [0.1, 0.15) is 44.7 Å². The van der Waals surface area contributed by atoms with Gasteiger partial charge < -0.3 is 9.47 Å². The minimum absolute atomic E-state index is 0.0409. The molecule has 0 unspecified atom stereocenters.